The molecular formula is C13H14ClN3O. The van der Waals surface area contributed by atoms with Crippen LogP contribution in [-0.4, -0.2) is 23.1 Å². The standard InChI is InChI=1S/C13H14ClN3O/c1-10-16-12(14)9-13(17-10)15-7-8-18-11-5-3-2-4-6-11/h2-6,9H,7-8H2,1H3,(H,15,16,17). The number of ether oxygens (including phenoxy) is 1. The van der Waals surface area contributed by atoms with Crippen LogP contribution >= 0.6 is 11.6 Å². The molecule has 1 heterocycles. The molecular weight excluding hydrogens is 250 g/mol. The number of hydrogen-bond donors (Lipinski definition) is 1. The Bertz CT molecular complexity index is 485. The van der Waals surface area contributed by atoms with Crippen molar-refractivity contribution in [2.45, 2.75) is 6.92 Å². The first kappa shape index (κ1) is 12.6. The number of halogens is 1. The van der Waals surface area contributed by atoms with Gasteiger partial charge in [-0.2, -0.15) is 0 Å². The molecule has 94 valence electrons. The lowest BCUT2D eigenvalue weighted by molar-refractivity contribution is 0.332. The fourth-order valence-corrected chi connectivity index (χ4v) is 1.71. The van der Waals surface area contributed by atoms with Gasteiger partial charge in [0.1, 0.15) is 29.2 Å². The van der Waals surface area contributed by atoms with Crippen molar-refractivity contribution in [2.75, 3.05) is 18.5 Å². The number of benzene rings is 1. The van der Waals surface area contributed by atoms with E-state index in [1.54, 1.807) is 13.0 Å². The van der Waals surface area contributed by atoms with Crippen molar-refractivity contribution >= 4 is 17.4 Å². The van der Waals surface area contributed by atoms with E-state index in [0.29, 0.717) is 29.9 Å². The Labute approximate surface area is 111 Å². The summed E-state index contributed by atoms with van der Waals surface area (Å²) in [7, 11) is 0. The average Bonchev–Trinajstić information content (AvgIpc) is 2.35. The van der Waals surface area contributed by atoms with Gasteiger partial charge < -0.3 is 10.1 Å². The second-order valence-electron chi connectivity index (χ2n) is 3.71. The number of rotatable bonds is 5. The van der Waals surface area contributed by atoms with Gasteiger partial charge in [0.05, 0.1) is 6.54 Å². The number of nitrogens with zero attached hydrogens (tertiary/aromatic N) is 2. The maximum Gasteiger partial charge on any atom is 0.134 e. The molecule has 5 heteroatoms. The second kappa shape index (κ2) is 6.21. The monoisotopic (exact) mass is 263 g/mol. The van der Waals surface area contributed by atoms with Crippen LogP contribution in [-0.2, 0) is 0 Å². The van der Waals surface area contributed by atoms with E-state index in [0.717, 1.165) is 5.75 Å². The Morgan fingerprint density at radius 2 is 2.00 bits per heavy atom. The highest BCUT2D eigenvalue weighted by Gasteiger charge is 1.99. The predicted octanol–water partition coefficient (Wildman–Crippen LogP) is 2.93. The van der Waals surface area contributed by atoms with Gasteiger partial charge in [-0.1, -0.05) is 29.8 Å². The molecule has 4 nitrogen and oxygen atoms in total. The molecule has 2 aromatic rings. The number of aromatic nitrogens is 2. The van der Waals surface area contributed by atoms with Gasteiger partial charge in [0.15, 0.2) is 0 Å². The average molecular weight is 264 g/mol. The molecule has 0 aliphatic carbocycles. The molecule has 0 bridgehead atoms. The van der Waals surface area contributed by atoms with Crippen LogP contribution in [0.2, 0.25) is 5.15 Å². The summed E-state index contributed by atoms with van der Waals surface area (Å²) in [5.41, 5.74) is 0. The van der Waals surface area contributed by atoms with Crippen LogP contribution in [0.25, 0.3) is 0 Å². The maximum atomic E-state index is 5.84. The van der Waals surface area contributed by atoms with Gasteiger partial charge in [-0.3, -0.25) is 0 Å². The van der Waals surface area contributed by atoms with Gasteiger partial charge in [-0.25, -0.2) is 9.97 Å². The van der Waals surface area contributed by atoms with Gasteiger partial charge in [0.2, 0.25) is 0 Å². The summed E-state index contributed by atoms with van der Waals surface area (Å²) in [5.74, 6) is 2.22. The predicted molar refractivity (Wildman–Crippen MR) is 72.2 cm³/mol. The molecule has 0 aliphatic rings. The fourth-order valence-electron chi connectivity index (χ4n) is 1.49. The Kier molecular flexibility index (Phi) is 4.36. The van der Waals surface area contributed by atoms with Crippen molar-refractivity contribution in [1.29, 1.82) is 0 Å². The Morgan fingerprint density at radius 3 is 2.72 bits per heavy atom. The van der Waals surface area contributed by atoms with Crippen LogP contribution in [0, 0.1) is 6.92 Å². The zero-order valence-corrected chi connectivity index (χ0v) is 10.8. The third-order valence-electron chi connectivity index (χ3n) is 2.23. The van der Waals surface area contributed by atoms with E-state index in [9.17, 15) is 0 Å². The fraction of sp³-hybridized carbons (Fsp3) is 0.231. The summed E-state index contributed by atoms with van der Waals surface area (Å²) in [6, 6.07) is 11.4. The van der Waals surface area contributed by atoms with Crippen LogP contribution in [0.4, 0.5) is 5.82 Å². The summed E-state index contributed by atoms with van der Waals surface area (Å²) >= 11 is 5.84. The molecule has 1 aromatic heterocycles. The largest absolute Gasteiger partial charge is 0.492 e. The Balaban J connectivity index is 1.78. The van der Waals surface area contributed by atoms with Crippen molar-refractivity contribution in [1.82, 2.24) is 9.97 Å². The van der Waals surface area contributed by atoms with E-state index in [1.807, 2.05) is 30.3 Å². The minimum absolute atomic E-state index is 0.439. The van der Waals surface area contributed by atoms with E-state index >= 15 is 0 Å². The summed E-state index contributed by atoms with van der Waals surface area (Å²) in [4.78, 5) is 8.21. The Hall–Kier alpha value is -1.81. The van der Waals surface area contributed by atoms with E-state index in [2.05, 4.69) is 15.3 Å². The van der Waals surface area contributed by atoms with Crippen LogP contribution in [0.15, 0.2) is 36.4 Å². The molecule has 0 radical (unpaired) electrons. The third-order valence-corrected chi connectivity index (χ3v) is 2.42. The van der Waals surface area contributed by atoms with Crippen LogP contribution < -0.4 is 10.1 Å². The number of anilines is 1. The molecule has 2 rings (SSSR count). The number of nitrogens with one attached hydrogen (secondary N) is 1. The van der Waals surface area contributed by atoms with Gasteiger partial charge in [-0.15, -0.1) is 0 Å². The lowest BCUT2D eigenvalue weighted by Gasteiger charge is -2.08. The van der Waals surface area contributed by atoms with E-state index in [4.69, 9.17) is 16.3 Å². The van der Waals surface area contributed by atoms with Gasteiger partial charge in [-0.05, 0) is 19.1 Å². The lowest BCUT2D eigenvalue weighted by Crippen LogP contribution is -2.12. The third kappa shape index (κ3) is 3.89. The first-order chi connectivity index (χ1) is 8.74. The molecule has 0 spiro atoms. The highest BCUT2D eigenvalue weighted by Crippen LogP contribution is 2.11. The molecule has 0 unspecified atom stereocenters. The van der Waals surface area contributed by atoms with Crippen LogP contribution in [0.1, 0.15) is 5.82 Å². The van der Waals surface area contributed by atoms with E-state index < -0.39 is 0 Å². The molecule has 0 amide bonds. The molecule has 1 aromatic carbocycles. The number of para-hydroxylation sites is 1. The first-order valence-electron chi connectivity index (χ1n) is 5.67. The van der Waals surface area contributed by atoms with E-state index in [-0.39, 0.29) is 0 Å². The molecule has 0 saturated heterocycles. The van der Waals surface area contributed by atoms with Crippen molar-refractivity contribution in [3.05, 3.63) is 47.4 Å². The summed E-state index contributed by atoms with van der Waals surface area (Å²) in [6.45, 7) is 3.02. The Morgan fingerprint density at radius 1 is 1.22 bits per heavy atom. The normalized spacial score (nSPS) is 10.1. The number of hydrogen-bond acceptors (Lipinski definition) is 4. The highest BCUT2D eigenvalue weighted by molar-refractivity contribution is 6.29. The zero-order valence-electron chi connectivity index (χ0n) is 10.1. The van der Waals surface area contributed by atoms with Crippen molar-refractivity contribution < 1.29 is 4.74 Å². The number of aryl methyl sites for hydroxylation is 1. The first-order valence-corrected chi connectivity index (χ1v) is 6.05. The summed E-state index contributed by atoms with van der Waals surface area (Å²) < 4.78 is 5.55. The van der Waals surface area contributed by atoms with Gasteiger partial charge in [0.25, 0.3) is 0 Å². The SMILES string of the molecule is Cc1nc(Cl)cc(NCCOc2ccccc2)n1. The molecule has 0 atom stereocenters. The second-order valence-corrected chi connectivity index (χ2v) is 4.10. The zero-order chi connectivity index (χ0) is 12.8. The smallest absolute Gasteiger partial charge is 0.134 e. The van der Waals surface area contributed by atoms with Crippen LogP contribution in [0.3, 0.4) is 0 Å². The molecule has 0 fully saturated rings. The minimum Gasteiger partial charge on any atom is -0.492 e. The quantitative estimate of drug-likeness (QED) is 0.666. The molecule has 0 aliphatic heterocycles. The van der Waals surface area contributed by atoms with Gasteiger partial charge in [0, 0.05) is 6.07 Å². The minimum atomic E-state index is 0.439. The lowest BCUT2D eigenvalue weighted by atomic mass is 10.3. The summed E-state index contributed by atoms with van der Waals surface area (Å²) in [5, 5.41) is 3.57. The molecule has 0 saturated carbocycles. The topological polar surface area (TPSA) is 47.0 Å². The highest BCUT2D eigenvalue weighted by atomic mass is 35.5. The van der Waals surface area contributed by atoms with Crippen LogP contribution in [0.5, 0.6) is 5.75 Å². The molecule has 1 N–H and O–H groups in total. The van der Waals surface area contributed by atoms with E-state index in [1.165, 1.54) is 0 Å². The van der Waals surface area contributed by atoms with Gasteiger partial charge >= 0.3 is 0 Å². The maximum absolute atomic E-state index is 5.84. The summed E-state index contributed by atoms with van der Waals surface area (Å²) in [6.07, 6.45) is 0. The van der Waals surface area contributed by atoms with Crippen molar-refractivity contribution in [3.63, 3.8) is 0 Å². The molecule has 18 heavy (non-hydrogen) atoms. The van der Waals surface area contributed by atoms with Crippen molar-refractivity contribution in [3.8, 4) is 5.75 Å². The van der Waals surface area contributed by atoms with Crippen molar-refractivity contribution in [2.24, 2.45) is 0 Å².